The number of nitrogens with zero attached hydrogens (tertiary/aromatic N) is 2. The topological polar surface area (TPSA) is 42.0 Å². The molecule has 0 radical (unpaired) electrons. The van der Waals surface area contributed by atoms with Crippen LogP contribution in [0.2, 0.25) is 0 Å². The fourth-order valence-corrected chi connectivity index (χ4v) is 3.77. The first-order chi connectivity index (χ1) is 14.1. The largest absolute Gasteiger partial charge is 0.454 e. The zero-order valence-corrected chi connectivity index (χ0v) is 17.1. The highest BCUT2D eigenvalue weighted by molar-refractivity contribution is 6.05. The van der Waals surface area contributed by atoms with Crippen molar-refractivity contribution in [3.63, 3.8) is 0 Å². The van der Waals surface area contributed by atoms with Gasteiger partial charge < -0.3 is 14.4 Å². The Bertz CT molecular complexity index is 1030. The molecule has 0 aromatic heterocycles. The first-order valence-electron chi connectivity index (χ1n) is 9.96. The maximum atomic E-state index is 13.4. The summed E-state index contributed by atoms with van der Waals surface area (Å²) in [6.45, 7) is 5.51. The summed E-state index contributed by atoms with van der Waals surface area (Å²) in [4.78, 5) is 17.3. The third-order valence-corrected chi connectivity index (χ3v) is 5.53. The molecule has 0 bridgehead atoms. The SMILES string of the molecule is CCN(C(=O)[C@H](C)N(C)Cc1ccc2c(c1)OCO2)c1cccc2ccccc12. The number of benzene rings is 3. The van der Waals surface area contributed by atoms with Crippen LogP contribution in [-0.4, -0.2) is 37.2 Å². The minimum atomic E-state index is -0.264. The molecule has 3 aromatic rings. The van der Waals surface area contributed by atoms with E-state index in [0.29, 0.717) is 13.1 Å². The Morgan fingerprint density at radius 3 is 2.62 bits per heavy atom. The summed E-state index contributed by atoms with van der Waals surface area (Å²) < 4.78 is 10.8. The van der Waals surface area contributed by atoms with E-state index in [-0.39, 0.29) is 18.7 Å². The van der Waals surface area contributed by atoms with E-state index in [9.17, 15) is 4.79 Å². The summed E-state index contributed by atoms with van der Waals surface area (Å²) in [5.41, 5.74) is 2.04. The van der Waals surface area contributed by atoms with Gasteiger partial charge in [-0.1, -0.05) is 42.5 Å². The van der Waals surface area contributed by atoms with Gasteiger partial charge >= 0.3 is 0 Å². The van der Waals surface area contributed by atoms with Crippen LogP contribution in [0, 0.1) is 0 Å². The van der Waals surface area contributed by atoms with E-state index in [1.807, 2.05) is 68.3 Å². The van der Waals surface area contributed by atoms with Crippen LogP contribution in [0.4, 0.5) is 5.69 Å². The number of hydrogen-bond acceptors (Lipinski definition) is 4. The highest BCUT2D eigenvalue weighted by Gasteiger charge is 2.25. The quantitative estimate of drug-likeness (QED) is 0.624. The number of ether oxygens (including phenoxy) is 2. The molecular weight excluding hydrogens is 364 g/mol. The van der Waals surface area contributed by atoms with Crippen molar-refractivity contribution in [2.45, 2.75) is 26.4 Å². The number of rotatable bonds is 6. The molecule has 1 aliphatic heterocycles. The third kappa shape index (κ3) is 3.78. The third-order valence-electron chi connectivity index (χ3n) is 5.53. The molecule has 5 heteroatoms. The highest BCUT2D eigenvalue weighted by atomic mass is 16.7. The molecule has 1 aliphatic rings. The van der Waals surface area contributed by atoms with Crippen LogP contribution < -0.4 is 14.4 Å². The maximum absolute atomic E-state index is 13.4. The minimum Gasteiger partial charge on any atom is -0.454 e. The number of amides is 1. The minimum absolute atomic E-state index is 0.0899. The van der Waals surface area contributed by atoms with E-state index in [1.54, 1.807) is 0 Å². The van der Waals surface area contributed by atoms with Crippen molar-refractivity contribution in [3.8, 4) is 11.5 Å². The normalized spacial score (nSPS) is 13.7. The molecule has 0 spiro atoms. The summed E-state index contributed by atoms with van der Waals surface area (Å²) in [5, 5.41) is 2.23. The van der Waals surface area contributed by atoms with Crippen LogP contribution in [0.3, 0.4) is 0 Å². The second kappa shape index (κ2) is 8.13. The smallest absolute Gasteiger partial charge is 0.244 e. The molecular formula is C24H26N2O3. The molecule has 5 nitrogen and oxygen atoms in total. The lowest BCUT2D eigenvalue weighted by Crippen LogP contribution is -2.45. The summed E-state index contributed by atoms with van der Waals surface area (Å²) in [7, 11) is 1.98. The molecule has 0 saturated carbocycles. The number of carbonyl (C=O) groups excluding carboxylic acids is 1. The number of carbonyl (C=O) groups is 1. The molecule has 0 saturated heterocycles. The van der Waals surface area contributed by atoms with Crippen LogP contribution in [0.15, 0.2) is 60.7 Å². The van der Waals surface area contributed by atoms with Gasteiger partial charge in [0.05, 0.1) is 11.7 Å². The number of likely N-dealkylation sites (N-methyl/N-ethyl adjacent to an activating group) is 2. The van der Waals surface area contributed by atoms with Crippen LogP contribution in [0.1, 0.15) is 19.4 Å². The Morgan fingerprint density at radius 2 is 1.79 bits per heavy atom. The maximum Gasteiger partial charge on any atom is 0.244 e. The van der Waals surface area contributed by atoms with Gasteiger partial charge in [-0.3, -0.25) is 9.69 Å². The predicted octanol–water partition coefficient (Wildman–Crippen LogP) is 4.44. The predicted molar refractivity (Wildman–Crippen MR) is 115 cm³/mol. The molecule has 1 amide bonds. The Balaban J connectivity index is 1.53. The standard InChI is InChI=1S/C24H26N2O3/c1-4-26(21-11-7-9-19-8-5-6-10-20(19)21)24(27)17(2)25(3)15-18-12-13-22-23(14-18)29-16-28-22/h5-14,17H,4,15-16H2,1-3H3/t17-/m0/s1. The molecule has 0 unspecified atom stereocenters. The first kappa shape index (κ1) is 19.3. The molecule has 0 aliphatic carbocycles. The van der Waals surface area contributed by atoms with Crippen LogP contribution in [0.5, 0.6) is 11.5 Å². The molecule has 3 aromatic carbocycles. The van der Waals surface area contributed by atoms with E-state index >= 15 is 0 Å². The Morgan fingerprint density at radius 1 is 1.03 bits per heavy atom. The van der Waals surface area contributed by atoms with Crippen molar-refractivity contribution >= 4 is 22.4 Å². The summed E-state index contributed by atoms with van der Waals surface area (Å²) in [6, 6.07) is 19.9. The fraction of sp³-hybridized carbons (Fsp3) is 0.292. The molecule has 0 N–H and O–H groups in total. The molecule has 1 atom stereocenters. The van der Waals surface area contributed by atoms with Crippen molar-refractivity contribution in [1.29, 1.82) is 0 Å². The van der Waals surface area contributed by atoms with Gasteiger partial charge in [-0.05, 0) is 50.0 Å². The Labute approximate surface area is 171 Å². The average Bonchev–Trinajstić information content (AvgIpc) is 3.21. The average molecular weight is 390 g/mol. The van der Waals surface area contributed by atoms with E-state index in [4.69, 9.17) is 9.47 Å². The molecule has 0 fully saturated rings. The number of fused-ring (bicyclic) bond motifs is 2. The summed E-state index contributed by atoms with van der Waals surface area (Å²) >= 11 is 0. The second-order valence-corrected chi connectivity index (χ2v) is 7.36. The van der Waals surface area contributed by atoms with Crippen LogP contribution >= 0.6 is 0 Å². The van der Waals surface area contributed by atoms with Crippen molar-refractivity contribution in [3.05, 3.63) is 66.2 Å². The van der Waals surface area contributed by atoms with Gasteiger partial charge in [-0.25, -0.2) is 0 Å². The van der Waals surface area contributed by atoms with Gasteiger partial charge in [0, 0.05) is 18.5 Å². The Hall–Kier alpha value is -3.05. The van der Waals surface area contributed by atoms with E-state index < -0.39 is 0 Å². The van der Waals surface area contributed by atoms with Gasteiger partial charge in [-0.2, -0.15) is 0 Å². The zero-order valence-electron chi connectivity index (χ0n) is 17.1. The van der Waals surface area contributed by atoms with Crippen molar-refractivity contribution < 1.29 is 14.3 Å². The summed E-state index contributed by atoms with van der Waals surface area (Å²) in [5.74, 6) is 1.63. The zero-order chi connectivity index (χ0) is 20.4. The van der Waals surface area contributed by atoms with Crippen molar-refractivity contribution in [2.75, 3.05) is 25.3 Å². The van der Waals surface area contributed by atoms with Gasteiger partial charge in [0.1, 0.15) is 0 Å². The lowest BCUT2D eigenvalue weighted by atomic mass is 10.1. The van der Waals surface area contributed by atoms with Crippen LogP contribution in [0.25, 0.3) is 10.8 Å². The van der Waals surface area contributed by atoms with Gasteiger partial charge in [0.2, 0.25) is 12.7 Å². The van der Waals surface area contributed by atoms with E-state index in [0.717, 1.165) is 33.5 Å². The number of anilines is 1. The van der Waals surface area contributed by atoms with E-state index in [2.05, 4.69) is 23.1 Å². The number of hydrogen-bond donors (Lipinski definition) is 0. The molecule has 1 heterocycles. The van der Waals surface area contributed by atoms with Crippen LogP contribution in [-0.2, 0) is 11.3 Å². The Kier molecular flexibility index (Phi) is 5.41. The molecule has 29 heavy (non-hydrogen) atoms. The molecule has 4 rings (SSSR count). The monoisotopic (exact) mass is 390 g/mol. The van der Waals surface area contributed by atoms with Gasteiger partial charge in [0.15, 0.2) is 11.5 Å². The van der Waals surface area contributed by atoms with E-state index in [1.165, 1.54) is 0 Å². The lowest BCUT2D eigenvalue weighted by Gasteiger charge is -2.30. The highest BCUT2D eigenvalue weighted by Crippen LogP contribution is 2.33. The second-order valence-electron chi connectivity index (χ2n) is 7.36. The fourth-order valence-electron chi connectivity index (χ4n) is 3.77. The molecule has 150 valence electrons. The summed E-state index contributed by atoms with van der Waals surface area (Å²) in [6.07, 6.45) is 0. The first-order valence-corrected chi connectivity index (χ1v) is 9.96. The van der Waals surface area contributed by atoms with Crippen molar-refractivity contribution in [1.82, 2.24) is 4.90 Å². The van der Waals surface area contributed by atoms with Crippen molar-refractivity contribution in [2.24, 2.45) is 0 Å². The van der Waals surface area contributed by atoms with Gasteiger partial charge in [-0.15, -0.1) is 0 Å². The van der Waals surface area contributed by atoms with Gasteiger partial charge in [0.25, 0.3) is 0 Å². The lowest BCUT2D eigenvalue weighted by molar-refractivity contribution is -0.122.